The molecule has 1 fully saturated rings. The third-order valence-corrected chi connectivity index (χ3v) is 3.53. The molecule has 1 aliphatic rings. The Balaban J connectivity index is 1.82. The van der Waals surface area contributed by atoms with Gasteiger partial charge in [-0.2, -0.15) is 5.26 Å². The van der Waals surface area contributed by atoms with Crippen LogP contribution in [0.1, 0.15) is 24.8 Å². The van der Waals surface area contributed by atoms with Gasteiger partial charge in [0.15, 0.2) is 6.61 Å². The molecule has 1 aromatic rings. The zero-order chi connectivity index (χ0) is 15.2. The highest BCUT2D eigenvalue weighted by Crippen LogP contribution is 2.25. The first kappa shape index (κ1) is 14.9. The van der Waals surface area contributed by atoms with E-state index in [1.165, 1.54) is 0 Å². The fourth-order valence-corrected chi connectivity index (χ4v) is 2.45. The van der Waals surface area contributed by atoms with E-state index < -0.39 is 11.9 Å². The lowest BCUT2D eigenvalue weighted by atomic mass is 10.0. The number of amides is 1. The van der Waals surface area contributed by atoms with Crippen molar-refractivity contribution in [3.05, 3.63) is 29.8 Å². The van der Waals surface area contributed by atoms with E-state index in [9.17, 15) is 9.59 Å². The summed E-state index contributed by atoms with van der Waals surface area (Å²) in [6.07, 6.45) is 2.08. The minimum absolute atomic E-state index is 0.172. The maximum absolute atomic E-state index is 11.8. The van der Waals surface area contributed by atoms with Crippen LogP contribution in [0.5, 0.6) is 5.75 Å². The molecule has 1 saturated carbocycles. The van der Waals surface area contributed by atoms with E-state index in [1.54, 1.807) is 24.3 Å². The lowest BCUT2D eigenvalue weighted by Crippen LogP contribution is -2.42. The van der Waals surface area contributed by atoms with E-state index >= 15 is 0 Å². The van der Waals surface area contributed by atoms with E-state index in [4.69, 9.17) is 15.1 Å². The standard InChI is InChI=1S/C15H16N2O4/c16-8-10-4-6-11(7-5-10)21-9-14(18)17-13-3-1-2-12(13)15(19)20/h4-7,12-13H,1-3,9H2,(H,17,18)(H,19,20)/t12-,13+/m1/s1. The molecule has 21 heavy (non-hydrogen) atoms. The van der Waals surface area contributed by atoms with E-state index in [1.807, 2.05) is 6.07 Å². The zero-order valence-corrected chi connectivity index (χ0v) is 11.4. The molecule has 0 spiro atoms. The van der Waals surface area contributed by atoms with Crippen LogP contribution in [-0.2, 0) is 9.59 Å². The van der Waals surface area contributed by atoms with E-state index in [2.05, 4.69) is 5.32 Å². The van der Waals surface area contributed by atoms with Crippen LogP contribution in [0.3, 0.4) is 0 Å². The lowest BCUT2D eigenvalue weighted by molar-refractivity contribution is -0.142. The maximum Gasteiger partial charge on any atom is 0.308 e. The van der Waals surface area contributed by atoms with Crippen molar-refractivity contribution in [3.8, 4) is 11.8 Å². The van der Waals surface area contributed by atoms with Gasteiger partial charge in [0.05, 0.1) is 17.6 Å². The molecule has 2 N–H and O–H groups in total. The van der Waals surface area contributed by atoms with Crippen LogP contribution < -0.4 is 10.1 Å². The molecule has 110 valence electrons. The summed E-state index contributed by atoms with van der Waals surface area (Å²) < 4.78 is 5.30. The summed E-state index contributed by atoms with van der Waals surface area (Å²) in [6, 6.07) is 8.10. The Kier molecular flexibility index (Phi) is 4.77. The monoisotopic (exact) mass is 288 g/mol. The third-order valence-electron chi connectivity index (χ3n) is 3.53. The Bertz CT molecular complexity index is 562. The molecule has 0 saturated heterocycles. The van der Waals surface area contributed by atoms with Crippen LogP contribution in [0, 0.1) is 17.2 Å². The summed E-state index contributed by atoms with van der Waals surface area (Å²) in [5.41, 5.74) is 0.516. The van der Waals surface area contributed by atoms with Gasteiger partial charge in [-0.05, 0) is 37.1 Å². The molecule has 1 aromatic carbocycles. The SMILES string of the molecule is N#Cc1ccc(OCC(=O)N[C@H]2CCC[C@H]2C(=O)O)cc1. The summed E-state index contributed by atoms with van der Waals surface area (Å²) in [6.45, 7) is -0.172. The first-order valence-electron chi connectivity index (χ1n) is 6.75. The van der Waals surface area contributed by atoms with E-state index in [-0.39, 0.29) is 18.6 Å². The number of nitriles is 1. The number of hydrogen-bond acceptors (Lipinski definition) is 4. The molecule has 2 atom stereocenters. The number of ether oxygens (including phenoxy) is 1. The molecule has 0 heterocycles. The van der Waals surface area contributed by atoms with Crippen LogP contribution >= 0.6 is 0 Å². The molecule has 1 amide bonds. The Hall–Kier alpha value is -2.55. The van der Waals surface area contributed by atoms with Crippen LogP contribution in [0.2, 0.25) is 0 Å². The smallest absolute Gasteiger partial charge is 0.308 e. The quantitative estimate of drug-likeness (QED) is 0.851. The van der Waals surface area contributed by atoms with Gasteiger partial charge in [-0.25, -0.2) is 0 Å². The van der Waals surface area contributed by atoms with Crippen LogP contribution in [0.4, 0.5) is 0 Å². The summed E-state index contributed by atoms with van der Waals surface area (Å²) >= 11 is 0. The van der Waals surface area contributed by atoms with Crippen LogP contribution in [0.25, 0.3) is 0 Å². The van der Waals surface area contributed by atoms with E-state index in [0.29, 0.717) is 24.2 Å². The van der Waals surface area contributed by atoms with Gasteiger partial charge in [-0.3, -0.25) is 9.59 Å². The molecule has 0 aromatic heterocycles. The van der Waals surface area contributed by atoms with Gasteiger partial charge in [0.2, 0.25) is 0 Å². The predicted molar refractivity (Wildman–Crippen MR) is 73.6 cm³/mol. The fraction of sp³-hybridized carbons (Fsp3) is 0.400. The Morgan fingerprint density at radius 2 is 2.05 bits per heavy atom. The van der Waals surface area contributed by atoms with Crippen molar-refractivity contribution >= 4 is 11.9 Å². The molecule has 0 aliphatic heterocycles. The van der Waals surface area contributed by atoms with Crippen molar-refractivity contribution in [1.29, 1.82) is 5.26 Å². The molecular formula is C15H16N2O4. The second-order valence-corrected chi connectivity index (χ2v) is 4.97. The van der Waals surface area contributed by atoms with Crippen molar-refractivity contribution in [3.63, 3.8) is 0 Å². The molecule has 1 aliphatic carbocycles. The number of nitrogens with zero attached hydrogens (tertiary/aromatic N) is 1. The van der Waals surface area contributed by atoms with Gasteiger partial charge in [-0.15, -0.1) is 0 Å². The molecule has 0 bridgehead atoms. The Morgan fingerprint density at radius 1 is 1.33 bits per heavy atom. The van der Waals surface area contributed by atoms with Crippen molar-refractivity contribution in [2.24, 2.45) is 5.92 Å². The summed E-state index contributed by atoms with van der Waals surface area (Å²) in [5.74, 6) is -1.22. The molecule has 2 rings (SSSR count). The number of benzene rings is 1. The van der Waals surface area contributed by atoms with Crippen molar-refractivity contribution < 1.29 is 19.4 Å². The van der Waals surface area contributed by atoms with Gasteiger partial charge in [-0.1, -0.05) is 6.42 Å². The first-order chi connectivity index (χ1) is 10.1. The Morgan fingerprint density at radius 3 is 2.67 bits per heavy atom. The second-order valence-electron chi connectivity index (χ2n) is 4.97. The summed E-state index contributed by atoms with van der Waals surface area (Å²) in [5, 5.41) is 20.4. The number of carboxylic acids is 1. The minimum Gasteiger partial charge on any atom is -0.484 e. The number of carbonyl (C=O) groups excluding carboxylic acids is 1. The van der Waals surface area contributed by atoms with Gasteiger partial charge < -0.3 is 15.2 Å². The third kappa shape index (κ3) is 3.96. The highest BCUT2D eigenvalue weighted by molar-refractivity contribution is 5.79. The molecule has 0 unspecified atom stereocenters. The number of hydrogen-bond donors (Lipinski definition) is 2. The highest BCUT2D eigenvalue weighted by Gasteiger charge is 2.33. The second kappa shape index (κ2) is 6.75. The average molecular weight is 288 g/mol. The number of rotatable bonds is 5. The normalized spacial score (nSPS) is 20.5. The number of carboxylic acid groups (broad SMARTS) is 1. The van der Waals surface area contributed by atoms with Gasteiger partial charge >= 0.3 is 5.97 Å². The fourth-order valence-electron chi connectivity index (χ4n) is 2.45. The molecule has 6 heteroatoms. The van der Waals surface area contributed by atoms with E-state index in [0.717, 1.165) is 6.42 Å². The van der Waals surface area contributed by atoms with Gasteiger partial charge in [0.25, 0.3) is 5.91 Å². The number of aliphatic carboxylic acids is 1. The maximum atomic E-state index is 11.8. The van der Waals surface area contributed by atoms with Crippen molar-refractivity contribution in [2.45, 2.75) is 25.3 Å². The highest BCUT2D eigenvalue weighted by atomic mass is 16.5. The molecular weight excluding hydrogens is 272 g/mol. The number of carbonyl (C=O) groups is 2. The topological polar surface area (TPSA) is 99.4 Å². The average Bonchev–Trinajstić information content (AvgIpc) is 2.94. The van der Waals surface area contributed by atoms with Crippen LogP contribution in [0.15, 0.2) is 24.3 Å². The van der Waals surface area contributed by atoms with Crippen LogP contribution in [-0.4, -0.2) is 29.6 Å². The summed E-state index contributed by atoms with van der Waals surface area (Å²) in [7, 11) is 0. The van der Waals surface area contributed by atoms with Crippen molar-refractivity contribution in [1.82, 2.24) is 5.32 Å². The predicted octanol–water partition coefficient (Wildman–Crippen LogP) is 1.31. The largest absolute Gasteiger partial charge is 0.484 e. The molecule has 0 radical (unpaired) electrons. The lowest BCUT2D eigenvalue weighted by Gasteiger charge is -2.17. The Labute approximate surface area is 122 Å². The minimum atomic E-state index is -0.870. The van der Waals surface area contributed by atoms with Crippen molar-refractivity contribution in [2.75, 3.05) is 6.61 Å². The zero-order valence-electron chi connectivity index (χ0n) is 11.4. The van der Waals surface area contributed by atoms with Gasteiger partial charge in [0.1, 0.15) is 5.75 Å². The first-order valence-corrected chi connectivity index (χ1v) is 6.75. The summed E-state index contributed by atoms with van der Waals surface area (Å²) in [4.78, 5) is 22.8. The number of nitrogens with one attached hydrogen (secondary N) is 1. The molecule has 6 nitrogen and oxygen atoms in total. The van der Waals surface area contributed by atoms with Gasteiger partial charge in [0, 0.05) is 6.04 Å².